The molecule has 0 aliphatic carbocycles. The number of anilines is 1. The van der Waals surface area contributed by atoms with Gasteiger partial charge >= 0.3 is 12.1 Å². The van der Waals surface area contributed by atoms with Crippen LogP contribution in [-0.2, 0) is 19.1 Å². The number of β-lactam (4-membered cyclic amide) rings is 1. The number of hydrogen-bond donors (Lipinski definition) is 3. The molecule has 2 aliphatic rings. The number of rotatable bonds is 8. The van der Waals surface area contributed by atoms with Crippen molar-refractivity contribution < 1.29 is 29.0 Å². The Morgan fingerprint density at radius 2 is 2.05 bits per heavy atom. The van der Waals surface area contributed by atoms with E-state index in [1.807, 2.05) is 6.92 Å². The number of aryl methyl sites for hydroxylation is 1. The van der Waals surface area contributed by atoms with Crippen molar-refractivity contribution in [3.63, 3.8) is 0 Å². The third-order valence-electron chi connectivity index (χ3n) is 5.18. The molecule has 0 spiro atoms. The highest BCUT2D eigenvalue weighted by molar-refractivity contribution is 8.07. The highest BCUT2D eigenvalue weighted by Crippen LogP contribution is 2.45. The van der Waals surface area contributed by atoms with Gasteiger partial charge in [0.1, 0.15) is 27.7 Å². The van der Waals surface area contributed by atoms with Crippen LogP contribution in [0, 0.1) is 6.92 Å². The van der Waals surface area contributed by atoms with Crippen molar-refractivity contribution in [1.82, 2.24) is 25.4 Å². The molecule has 2 aromatic heterocycles. The fourth-order valence-corrected chi connectivity index (χ4v) is 7.83. The molecule has 0 saturated carbocycles. The molecule has 1 saturated heterocycles. The van der Waals surface area contributed by atoms with E-state index in [0.29, 0.717) is 27.1 Å². The van der Waals surface area contributed by atoms with Gasteiger partial charge in [-0.3, -0.25) is 19.8 Å². The van der Waals surface area contributed by atoms with Crippen LogP contribution in [0.3, 0.4) is 0 Å². The van der Waals surface area contributed by atoms with E-state index in [2.05, 4.69) is 25.8 Å². The average Bonchev–Trinajstić information content (AvgIpc) is 3.47. The summed E-state index contributed by atoms with van der Waals surface area (Å²) in [5.41, 5.74) is -0.199. The predicted molar refractivity (Wildman–Crippen MR) is 150 cm³/mol. The predicted octanol–water partition coefficient (Wildman–Crippen LogP) is 3.93. The molecule has 0 radical (unpaired) electrons. The number of nitrogens with one attached hydrogen (secondary N) is 2. The number of aromatic nitrogens is 3. The highest BCUT2D eigenvalue weighted by atomic mass is 32.2. The van der Waals surface area contributed by atoms with Crippen LogP contribution in [-0.4, -0.2) is 71.8 Å². The van der Waals surface area contributed by atoms with Crippen LogP contribution in [0.1, 0.15) is 44.8 Å². The van der Waals surface area contributed by atoms with Crippen LogP contribution in [0.5, 0.6) is 0 Å². The highest BCUT2D eigenvalue weighted by Gasteiger charge is 2.54. The summed E-state index contributed by atoms with van der Waals surface area (Å²) >= 11 is 5.03. The van der Waals surface area contributed by atoms with Gasteiger partial charge in [-0.25, -0.2) is 14.6 Å². The zero-order valence-electron chi connectivity index (χ0n) is 21.6. The zero-order chi connectivity index (χ0) is 28.5. The minimum Gasteiger partial charge on any atom is -0.477 e. The van der Waals surface area contributed by atoms with E-state index >= 15 is 0 Å². The molecule has 2 aliphatic heterocycles. The van der Waals surface area contributed by atoms with Crippen LogP contribution in [0.25, 0.3) is 5.57 Å². The lowest BCUT2D eigenvalue weighted by atomic mass is 10.0. The number of aliphatic carboxylic acids is 1. The lowest BCUT2D eigenvalue weighted by Crippen LogP contribution is -2.70. The molecule has 16 heteroatoms. The van der Waals surface area contributed by atoms with Crippen molar-refractivity contribution in [2.75, 3.05) is 11.1 Å². The van der Waals surface area contributed by atoms with Gasteiger partial charge in [-0.2, -0.15) is 0 Å². The van der Waals surface area contributed by atoms with Crippen molar-refractivity contribution in [3.8, 4) is 0 Å². The van der Waals surface area contributed by atoms with Crippen LogP contribution < -0.4 is 10.6 Å². The van der Waals surface area contributed by atoms with Crippen LogP contribution in [0.2, 0.25) is 0 Å². The Kier molecular flexibility index (Phi) is 8.68. The first-order valence-corrected chi connectivity index (χ1v) is 15.3. The molecule has 208 valence electrons. The summed E-state index contributed by atoms with van der Waals surface area (Å²) in [4.78, 5) is 56.6. The molecule has 4 heterocycles. The summed E-state index contributed by atoms with van der Waals surface area (Å²) in [5, 5.41) is 25.2. The number of carboxylic acid groups (broad SMARTS) is 1. The number of carbonyl (C=O) groups is 4. The number of thiazole rings is 1. The van der Waals surface area contributed by atoms with Crippen molar-refractivity contribution in [3.05, 3.63) is 32.8 Å². The average molecular weight is 611 g/mol. The largest absolute Gasteiger partial charge is 0.477 e. The molecule has 4 rings (SSSR count). The number of allylic oxidation sites excluding steroid dienone is 1. The van der Waals surface area contributed by atoms with Gasteiger partial charge in [-0.15, -0.1) is 33.3 Å². The Morgan fingerprint density at radius 3 is 2.67 bits per heavy atom. The number of thioether (sulfide) groups is 2. The van der Waals surface area contributed by atoms with Gasteiger partial charge in [0.2, 0.25) is 0 Å². The summed E-state index contributed by atoms with van der Waals surface area (Å²) in [6.07, 6.45) is 1.54. The van der Waals surface area contributed by atoms with E-state index in [0.717, 1.165) is 16.3 Å². The zero-order valence-corrected chi connectivity index (χ0v) is 24.9. The molecule has 3 amide bonds. The minimum absolute atomic E-state index is 0.103. The second kappa shape index (κ2) is 11.7. The second-order valence-electron chi connectivity index (χ2n) is 9.32. The first-order chi connectivity index (χ1) is 18.4. The van der Waals surface area contributed by atoms with Crippen molar-refractivity contribution >= 4 is 80.8 Å². The van der Waals surface area contributed by atoms with Crippen LogP contribution in [0.4, 0.5) is 9.93 Å². The Morgan fingerprint density at radius 1 is 1.31 bits per heavy atom. The molecule has 1 fully saturated rings. The number of hydrogen-bond acceptors (Lipinski definition) is 12. The van der Waals surface area contributed by atoms with Crippen LogP contribution in [0.15, 0.2) is 26.4 Å². The topological polar surface area (TPSA) is 164 Å². The number of fused-ring (bicyclic) bond motifs is 1. The van der Waals surface area contributed by atoms with Crippen molar-refractivity contribution in [2.24, 2.45) is 0 Å². The SMILES string of the molecule is CC/C=C(\C(=O)N[C@@H]1C(=O)N2C(C(=O)O)=C(Sc3nnc(C)s3)CS[C@@H]12)c1csc(NC(=O)OC(C)(C)C)n1. The van der Waals surface area contributed by atoms with E-state index in [9.17, 15) is 24.3 Å². The molecule has 0 bridgehead atoms. The van der Waals surface area contributed by atoms with E-state index in [4.69, 9.17) is 4.74 Å². The Labute approximate surface area is 240 Å². The Hall–Kier alpha value is -2.95. The van der Waals surface area contributed by atoms with Crippen LogP contribution >= 0.6 is 46.2 Å². The smallest absolute Gasteiger partial charge is 0.413 e. The summed E-state index contributed by atoms with van der Waals surface area (Å²) < 4.78 is 5.83. The molecule has 0 unspecified atom stereocenters. The Bertz CT molecular complexity index is 1380. The maximum absolute atomic E-state index is 13.2. The van der Waals surface area contributed by atoms with E-state index in [1.165, 1.54) is 39.8 Å². The van der Waals surface area contributed by atoms with Gasteiger partial charge in [0.15, 0.2) is 9.47 Å². The van der Waals surface area contributed by atoms with E-state index in [-0.39, 0.29) is 16.4 Å². The maximum Gasteiger partial charge on any atom is 0.413 e. The molecule has 2 atom stereocenters. The van der Waals surface area contributed by atoms with Gasteiger partial charge in [0.25, 0.3) is 11.8 Å². The first-order valence-electron chi connectivity index (χ1n) is 11.7. The molecular formula is C23H26N6O6S4. The molecular weight excluding hydrogens is 585 g/mol. The monoisotopic (exact) mass is 610 g/mol. The lowest BCUT2D eigenvalue weighted by molar-refractivity contribution is -0.150. The summed E-state index contributed by atoms with van der Waals surface area (Å²) in [7, 11) is 0. The summed E-state index contributed by atoms with van der Waals surface area (Å²) in [6.45, 7) is 8.89. The second-order valence-corrected chi connectivity index (χ2v) is 13.8. The standard InChI is InChI=1S/C23H26N6O6S4/c1-6-7-11(12-8-37-20(24-12)26-21(34)35-23(3,4)5)16(30)25-14-17(31)29-15(19(32)33)13(9-36-18(14)29)39-22-28-27-10(2)38-22/h7-8,14,18H,6,9H2,1-5H3,(H,25,30)(H,32,33)(H,24,26,34)/b11-7-/t14-,18+/m1/s1. The molecule has 0 aromatic carbocycles. The maximum atomic E-state index is 13.2. The van der Waals surface area contributed by atoms with Gasteiger partial charge in [0, 0.05) is 16.0 Å². The number of carbonyl (C=O) groups excluding carboxylic acids is 3. The molecule has 39 heavy (non-hydrogen) atoms. The summed E-state index contributed by atoms with van der Waals surface area (Å²) in [5.74, 6) is -1.91. The number of carboxylic acids is 1. The molecule has 12 nitrogen and oxygen atoms in total. The van der Waals surface area contributed by atoms with Gasteiger partial charge < -0.3 is 15.2 Å². The van der Waals surface area contributed by atoms with E-state index in [1.54, 1.807) is 39.2 Å². The third-order valence-corrected chi connectivity index (χ3v) is 9.38. The van der Waals surface area contributed by atoms with E-state index < -0.39 is 40.9 Å². The third kappa shape index (κ3) is 6.62. The minimum atomic E-state index is -1.22. The van der Waals surface area contributed by atoms with Gasteiger partial charge in [-0.1, -0.05) is 36.1 Å². The normalized spacial score (nSPS) is 19.4. The van der Waals surface area contributed by atoms with Crippen molar-refractivity contribution in [2.45, 2.75) is 62.4 Å². The fourth-order valence-electron chi connectivity index (χ4n) is 3.68. The lowest BCUT2D eigenvalue weighted by Gasteiger charge is -2.49. The number of nitrogens with zero attached hydrogens (tertiary/aromatic N) is 4. The van der Waals surface area contributed by atoms with Crippen molar-refractivity contribution in [1.29, 1.82) is 0 Å². The fraction of sp³-hybridized carbons (Fsp3) is 0.435. The number of amides is 3. The number of ether oxygens (including phenoxy) is 1. The van der Waals surface area contributed by atoms with Gasteiger partial charge in [-0.05, 0) is 34.1 Å². The van der Waals surface area contributed by atoms with Gasteiger partial charge in [0.05, 0.1) is 11.3 Å². The first kappa shape index (κ1) is 29.0. The summed E-state index contributed by atoms with van der Waals surface area (Å²) in [6, 6.07) is -0.898. The molecule has 3 N–H and O–H groups in total. The Balaban J connectivity index is 1.46. The molecule has 2 aromatic rings. The quantitative estimate of drug-likeness (QED) is 0.293.